The lowest BCUT2D eigenvalue weighted by molar-refractivity contribution is -0.122. The fraction of sp³-hybridized carbons (Fsp3) is 0.200. The molecular weight excluding hydrogens is 614 g/mol. The van der Waals surface area contributed by atoms with Crippen LogP contribution in [0.4, 0.5) is 16.2 Å². The van der Waals surface area contributed by atoms with Gasteiger partial charge in [0.2, 0.25) is 0 Å². The van der Waals surface area contributed by atoms with Crippen molar-refractivity contribution in [2.75, 3.05) is 23.4 Å². The van der Waals surface area contributed by atoms with E-state index < -0.39 is 17.8 Å². The summed E-state index contributed by atoms with van der Waals surface area (Å²) in [4.78, 5) is 52.2. The van der Waals surface area contributed by atoms with E-state index in [-0.39, 0.29) is 41.9 Å². The van der Waals surface area contributed by atoms with Crippen LogP contribution in [-0.2, 0) is 14.4 Å². The van der Waals surface area contributed by atoms with Crippen LogP contribution >= 0.6 is 27.5 Å². The first kappa shape index (κ1) is 29.8. The third-order valence-electron chi connectivity index (χ3n) is 6.23. The minimum Gasteiger partial charge on any atom is -0.490 e. The Morgan fingerprint density at radius 2 is 1.83 bits per heavy atom. The van der Waals surface area contributed by atoms with Gasteiger partial charge in [-0.15, -0.1) is 0 Å². The quantitative estimate of drug-likeness (QED) is 0.227. The number of carbonyl (C=O) groups is 4. The number of anilines is 2. The van der Waals surface area contributed by atoms with Gasteiger partial charge in [0.25, 0.3) is 17.7 Å². The van der Waals surface area contributed by atoms with Gasteiger partial charge in [-0.05, 0) is 96.7 Å². The number of barbiturate groups is 1. The van der Waals surface area contributed by atoms with E-state index in [0.717, 1.165) is 16.0 Å². The first-order chi connectivity index (χ1) is 19.5. The first-order valence-electron chi connectivity index (χ1n) is 12.6. The minimum atomic E-state index is -0.874. The molecule has 11 heteroatoms. The Morgan fingerprint density at radius 1 is 1.07 bits per heavy atom. The van der Waals surface area contributed by atoms with Gasteiger partial charge < -0.3 is 14.8 Å². The summed E-state index contributed by atoms with van der Waals surface area (Å²) >= 11 is 9.64. The highest BCUT2D eigenvalue weighted by Gasteiger charge is 2.37. The van der Waals surface area contributed by atoms with Crippen molar-refractivity contribution in [3.8, 4) is 11.5 Å². The number of aryl methyl sites for hydroxylation is 2. The summed E-state index contributed by atoms with van der Waals surface area (Å²) < 4.78 is 12.0. The molecule has 0 aromatic heterocycles. The largest absolute Gasteiger partial charge is 0.490 e. The van der Waals surface area contributed by atoms with E-state index in [1.54, 1.807) is 44.2 Å². The van der Waals surface area contributed by atoms with Crippen molar-refractivity contribution in [3.05, 3.63) is 85.9 Å². The van der Waals surface area contributed by atoms with Gasteiger partial charge in [-0.1, -0.05) is 35.4 Å². The van der Waals surface area contributed by atoms with E-state index in [1.807, 2.05) is 32.0 Å². The topological polar surface area (TPSA) is 114 Å². The maximum Gasteiger partial charge on any atom is 0.335 e. The first-order valence-corrected chi connectivity index (χ1v) is 13.8. The summed E-state index contributed by atoms with van der Waals surface area (Å²) in [6.45, 7) is 7.33. The lowest BCUT2D eigenvalue weighted by Gasteiger charge is -2.27. The number of urea groups is 1. The number of nitrogens with one attached hydrogen (secondary N) is 2. The Balaban J connectivity index is 1.60. The van der Waals surface area contributed by atoms with E-state index in [9.17, 15) is 19.2 Å². The second-order valence-electron chi connectivity index (χ2n) is 9.26. The van der Waals surface area contributed by atoms with E-state index in [4.69, 9.17) is 21.1 Å². The van der Waals surface area contributed by atoms with Crippen LogP contribution in [0.15, 0.2) is 58.6 Å². The zero-order valence-electron chi connectivity index (χ0n) is 22.8. The molecule has 0 atom stereocenters. The third-order valence-corrected chi connectivity index (χ3v) is 7.23. The van der Waals surface area contributed by atoms with Crippen LogP contribution < -0.4 is 25.0 Å². The van der Waals surface area contributed by atoms with Crippen molar-refractivity contribution in [3.63, 3.8) is 0 Å². The molecule has 41 heavy (non-hydrogen) atoms. The predicted octanol–water partition coefficient (Wildman–Crippen LogP) is 6.11. The van der Waals surface area contributed by atoms with Gasteiger partial charge in [0.15, 0.2) is 18.1 Å². The molecule has 212 valence electrons. The normalized spacial score (nSPS) is 14.2. The molecule has 3 aromatic rings. The number of rotatable bonds is 8. The number of amides is 5. The molecule has 0 aliphatic carbocycles. The van der Waals surface area contributed by atoms with Crippen LogP contribution in [0, 0.1) is 20.8 Å². The highest BCUT2D eigenvalue weighted by atomic mass is 79.9. The Labute approximate surface area is 250 Å². The minimum absolute atomic E-state index is 0.262. The lowest BCUT2D eigenvalue weighted by Crippen LogP contribution is -2.54. The van der Waals surface area contributed by atoms with Crippen molar-refractivity contribution >= 4 is 68.7 Å². The zero-order chi connectivity index (χ0) is 29.8. The summed E-state index contributed by atoms with van der Waals surface area (Å²) in [7, 11) is 0. The standard InChI is InChI=1S/C30H27BrClN3O6/c1-5-40-25-14-19(13-21(31)27(25)41-15-26(36)33-23-10-9-16(2)11-17(23)3)12-20-28(37)34-30(39)35(29(20)38)24-8-6-7-22(32)18(24)4/h6-14H,5,15H2,1-4H3,(H,33,36)(H,34,37,39)/b20-12-. The molecule has 4 rings (SSSR count). The highest BCUT2D eigenvalue weighted by Crippen LogP contribution is 2.38. The van der Waals surface area contributed by atoms with Crippen molar-refractivity contribution in [2.45, 2.75) is 27.7 Å². The molecule has 9 nitrogen and oxygen atoms in total. The molecule has 2 N–H and O–H groups in total. The van der Waals surface area contributed by atoms with E-state index in [2.05, 4.69) is 26.6 Å². The van der Waals surface area contributed by atoms with Crippen molar-refractivity contribution < 1.29 is 28.7 Å². The summed E-state index contributed by atoms with van der Waals surface area (Å²) in [5.74, 6) is -1.44. The highest BCUT2D eigenvalue weighted by molar-refractivity contribution is 9.10. The fourth-order valence-corrected chi connectivity index (χ4v) is 4.98. The molecule has 1 saturated heterocycles. The molecule has 0 unspecified atom stereocenters. The number of hydrogen-bond acceptors (Lipinski definition) is 6. The SMILES string of the molecule is CCOc1cc(/C=C2/C(=O)NC(=O)N(c3cccc(Cl)c3C)C2=O)cc(Br)c1OCC(=O)Nc1ccc(C)cc1C. The van der Waals surface area contributed by atoms with Crippen molar-refractivity contribution in [1.29, 1.82) is 0 Å². The Kier molecular flexibility index (Phi) is 9.14. The maximum absolute atomic E-state index is 13.4. The molecule has 1 heterocycles. The maximum atomic E-state index is 13.4. The lowest BCUT2D eigenvalue weighted by atomic mass is 10.1. The van der Waals surface area contributed by atoms with E-state index >= 15 is 0 Å². The number of ether oxygens (including phenoxy) is 2. The van der Waals surface area contributed by atoms with Gasteiger partial charge in [0.05, 0.1) is 16.8 Å². The molecule has 3 aromatic carbocycles. The van der Waals surface area contributed by atoms with Crippen LogP contribution in [0.5, 0.6) is 11.5 Å². The Morgan fingerprint density at radius 3 is 2.54 bits per heavy atom. The van der Waals surface area contributed by atoms with Gasteiger partial charge >= 0.3 is 6.03 Å². The fourth-order valence-electron chi connectivity index (χ4n) is 4.23. The van der Waals surface area contributed by atoms with Crippen LogP contribution in [-0.4, -0.2) is 37.0 Å². The predicted molar refractivity (Wildman–Crippen MR) is 161 cm³/mol. The Hall–Kier alpha value is -4.15. The van der Waals surface area contributed by atoms with Crippen molar-refractivity contribution in [2.24, 2.45) is 0 Å². The van der Waals surface area contributed by atoms with E-state index in [1.165, 1.54) is 6.08 Å². The monoisotopic (exact) mass is 639 g/mol. The summed E-state index contributed by atoms with van der Waals surface area (Å²) in [6.07, 6.45) is 1.35. The molecule has 0 saturated carbocycles. The molecule has 5 amide bonds. The number of benzene rings is 3. The molecule has 0 radical (unpaired) electrons. The summed E-state index contributed by atoms with van der Waals surface area (Å²) in [6, 6.07) is 12.8. The number of halogens is 2. The molecular formula is C30H27BrClN3O6. The number of nitrogens with zero attached hydrogens (tertiary/aromatic N) is 1. The van der Waals surface area contributed by atoms with Crippen LogP contribution in [0.2, 0.25) is 5.02 Å². The number of hydrogen-bond donors (Lipinski definition) is 2. The number of carbonyl (C=O) groups excluding carboxylic acids is 4. The van der Waals surface area contributed by atoms with Crippen LogP contribution in [0.3, 0.4) is 0 Å². The third kappa shape index (κ3) is 6.61. The van der Waals surface area contributed by atoms with Gasteiger partial charge in [0, 0.05) is 10.7 Å². The van der Waals surface area contributed by atoms with Crippen LogP contribution in [0.1, 0.15) is 29.2 Å². The van der Waals surface area contributed by atoms with Gasteiger partial charge in [-0.3, -0.25) is 19.7 Å². The number of imide groups is 2. The van der Waals surface area contributed by atoms with Crippen LogP contribution in [0.25, 0.3) is 6.08 Å². The summed E-state index contributed by atoms with van der Waals surface area (Å²) in [5, 5.41) is 5.40. The molecule has 1 fully saturated rings. The van der Waals surface area contributed by atoms with Gasteiger partial charge in [-0.2, -0.15) is 0 Å². The Bertz CT molecular complexity index is 1600. The van der Waals surface area contributed by atoms with Crippen molar-refractivity contribution in [1.82, 2.24) is 5.32 Å². The average molecular weight is 641 g/mol. The molecule has 0 bridgehead atoms. The molecule has 0 spiro atoms. The zero-order valence-corrected chi connectivity index (χ0v) is 25.1. The average Bonchev–Trinajstić information content (AvgIpc) is 2.90. The second kappa shape index (κ2) is 12.6. The van der Waals surface area contributed by atoms with Gasteiger partial charge in [-0.25, -0.2) is 9.69 Å². The molecule has 1 aliphatic rings. The van der Waals surface area contributed by atoms with E-state index in [0.29, 0.717) is 26.3 Å². The van der Waals surface area contributed by atoms with Gasteiger partial charge in [0.1, 0.15) is 5.57 Å². The summed E-state index contributed by atoms with van der Waals surface area (Å²) in [5.41, 5.74) is 3.63. The smallest absolute Gasteiger partial charge is 0.335 e. The second-order valence-corrected chi connectivity index (χ2v) is 10.5. The molecule has 1 aliphatic heterocycles.